The smallest absolute Gasteiger partial charge is 0.258 e. The molecular formula is C22H26N2O2. The summed E-state index contributed by atoms with van der Waals surface area (Å²) in [5, 5.41) is 0. The second-order valence-electron chi connectivity index (χ2n) is 6.22. The number of nitrogens with zero attached hydrogens (tertiary/aromatic N) is 2. The van der Waals surface area contributed by atoms with E-state index in [1.165, 1.54) is 0 Å². The third-order valence-corrected chi connectivity index (χ3v) is 4.92. The molecule has 136 valence electrons. The van der Waals surface area contributed by atoms with E-state index >= 15 is 0 Å². The maximum Gasteiger partial charge on any atom is 0.258 e. The van der Waals surface area contributed by atoms with Gasteiger partial charge in [-0.2, -0.15) is 0 Å². The lowest BCUT2D eigenvalue weighted by Crippen LogP contribution is -2.25. The Morgan fingerprint density at radius 1 is 1.08 bits per heavy atom. The Morgan fingerprint density at radius 3 is 2.46 bits per heavy atom. The van der Waals surface area contributed by atoms with Crippen molar-refractivity contribution in [3.05, 3.63) is 53.6 Å². The van der Waals surface area contributed by atoms with Crippen LogP contribution in [0, 0.1) is 0 Å². The van der Waals surface area contributed by atoms with Gasteiger partial charge in [0.15, 0.2) is 0 Å². The molecule has 2 aromatic carbocycles. The Labute approximate surface area is 155 Å². The van der Waals surface area contributed by atoms with Crippen LogP contribution in [0.2, 0.25) is 0 Å². The van der Waals surface area contributed by atoms with Gasteiger partial charge in [-0.05, 0) is 45.0 Å². The van der Waals surface area contributed by atoms with Crippen LogP contribution < -0.4 is 14.5 Å². The Balaban J connectivity index is 2.06. The van der Waals surface area contributed by atoms with Crippen molar-refractivity contribution in [2.75, 3.05) is 36.5 Å². The van der Waals surface area contributed by atoms with E-state index in [0.717, 1.165) is 46.9 Å². The van der Waals surface area contributed by atoms with Gasteiger partial charge in [-0.15, -0.1) is 0 Å². The zero-order chi connectivity index (χ0) is 18.7. The van der Waals surface area contributed by atoms with E-state index in [9.17, 15) is 4.79 Å². The number of fused-ring (bicyclic) bond motifs is 1. The summed E-state index contributed by atoms with van der Waals surface area (Å²) in [6, 6.07) is 14.1. The molecule has 4 nitrogen and oxygen atoms in total. The van der Waals surface area contributed by atoms with Crippen molar-refractivity contribution >= 4 is 28.9 Å². The topological polar surface area (TPSA) is 32.8 Å². The number of carbonyl (C=O) groups excluding carboxylic acids is 1. The molecular weight excluding hydrogens is 324 g/mol. The summed E-state index contributed by atoms with van der Waals surface area (Å²) in [5.74, 6) is 0.825. The number of rotatable bonds is 6. The highest BCUT2D eigenvalue weighted by atomic mass is 16.5. The van der Waals surface area contributed by atoms with Crippen LogP contribution >= 0.6 is 0 Å². The average molecular weight is 350 g/mol. The monoisotopic (exact) mass is 350 g/mol. The van der Waals surface area contributed by atoms with Crippen molar-refractivity contribution in [2.24, 2.45) is 0 Å². The lowest BCUT2D eigenvalue weighted by Gasteiger charge is -2.22. The highest BCUT2D eigenvalue weighted by molar-refractivity contribution is 6.35. The SMILES string of the molecule is CCN(CC)c1ccc(/C=C2/C(=O)N(CC)c3ccccc32)c(OC)c1. The lowest BCUT2D eigenvalue weighted by atomic mass is 10.0. The molecule has 0 N–H and O–H groups in total. The minimum atomic E-state index is 0.0450. The van der Waals surface area contributed by atoms with Gasteiger partial charge in [0.05, 0.1) is 12.8 Å². The summed E-state index contributed by atoms with van der Waals surface area (Å²) in [6.45, 7) is 8.82. The quantitative estimate of drug-likeness (QED) is 0.722. The fraction of sp³-hybridized carbons (Fsp3) is 0.318. The van der Waals surface area contributed by atoms with Gasteiger partial charge in [-0.1, -0.05) is 18.2 Å². The van der Waals surface area contributed by atoms with Crippen molar-refractivity contribution in [1.29, 1.82) is 0 Å². The van der Waals surface area contributed by atoms with E-state index < -0.39 is 0 Å². The number of para-hydroxylation sites is 1. The van der Waals surface area contributed by atoms with Crippen LogP contribution in [0.15, 0.2) is 42.5 Å². The van der Waals surface area contributed by atoms with Gasteiger partial charge >= 0.3 is 0 Å². The van der Waals surface area contributed by atoms with Crippen molar-refractivity contribution in [1.82, 2.24) is 0 Å². The number of hydrogen-bond donors (Lipinski definition) is 0. The molecule has 0 aliphatic carbocycles. The molecule has 0 spiro atoms. The lowest BCUT2D eigenvalue weighted by molar-refractivity contribution is -0.112. The molecule has 3 rings (SSSR count). The van der Waals surface area contributed by atoms with Crippen molar-refractivity contribution in [2.45, 2.75) is 20.8 Å². The largest absolute Gasteiger partial charge is 0.496 e. The first-order valence-corrected chi connectivity index (χ1v) is 9.20. The predicted octanol–water partition coefficient (Wildman–Crippen LogP) is 4.45. The molecule has 0 radical (unpaired) electrons. The summed E-state index contributed by atoms with van der Waals surface area (Å²) in [7, 11) is 1.67. The standard InChI is InChI=1S/C22H26N2O2/c1-5-23(6-2)17-13-12-16(21(15-17)26-4)14-19-18-10-8-9-11-20(18)24(7-3)22(19)25/h8-15H,5-7H2,1-4H3/b19-14+. The van der Waals surface area contributed by atoms with Crippen LogP contribution in [0.3, 0.4) is 0 Å². The number of likely N-dealkylation sites (N-methyl/N-ethyl adjacent to an activating group) is 1. The number of hydrogen-bond acceptors (Lipinski definition) is 3. The second kappa shape index (κ2) is 7.65. The minimum absolute atomic E-state index is 0.0450. The predicted molar refractivity (Wildman–Crippen MR) is 109 cm³/mol. The van der Waals surface area contributed by atoms with Crippen LogP contribution in [0.5, 0.6) is 5.75 Å². The van der Waals surface area contributed by atoms with Gasteiger partial charge in [-0.25, -0.2) is 0 Å². The molecule has 0 fully saturated rings. The van der Waals surface area contributed by atoms with E-state index in [0.29, 0.717) is 6.54 Å². The molecule has 0 aromatic heterocycles. The first kappa shape index (κ1) is 18.1. The maximum atomic E-state index is 12.9. The summed E-state index contributed by atoms with van der Waals surface area (Å²) in [5.41, 5.74) is 4.72. The molecule has 0 unspecified atom stereocenters. The first-order chi connectivity index (χ1) is 12.6. The van der Waals surface area contributed by atoms with E-state index in [4.69, 9.17) is 4.74 Å². The highest BCUT2D eigenvalue weighted by Gasteiger charge is 2.30. The van der Waals surface area contributed by atoms with Crippen molar-refractivity contribution in [3.8, 4) is 5.75 Å². The average Bonchev–Trinajstić information content (AvgIpc) is 2.94. The normalized spacial score (nSPS) is 14.7. The van der Waals surface area contributed by atoms with E-state index in [2.05, 4.69) is 24.8 Å². The Bertz CT molecular complexity index is 838. The third kappa shape index (κ3) is 3.07. The van der Waals surface area contributed by atoms with Crippen molar-refractivity contribution < 1.29 is 9.53 Å². The van der Waals surface area contributed by atoms with Crippen LogP contribution in [-0.2, 0) is 4.79 Å². The van der Waals surface area contributed by atoms with Gasteiger partial charge in [-0.3, -0.25) is 4.79 Å². The molecule has 4 heteroatoms. The molecule has 0 atom stereocenters. The number of amides is 1. The summed E-state index contributed by atoms with van der Waals surface area (Å²) in [6.07, 6.45) is 1.95. The Hall–Kier alpha value is -2.75. The van der Waals surface area contributed by atoms with Crippen molar-refractivity contribution in [3.63, 3.8) is 0 Å². The first-order valence-electron chi connectivity index (χ1n) is 9.20. The van der Waals surface area contributed by atoms with Gasteiger partial charge in [0.25, 0.3) is 5.91 Å². The van der Waals surface area contributed by atoms with Gasteiger partial charge in [0.2, 0.25) is 0 Å². The highest BCUT2D eigenvalue weighted by Crippen LogP contribution is 2.38. The fourth-order valence-corrected chi connectivity index (χ4v) is 3.52. The zero-order valence-corrected chi connectivity index (χ0v) is 16.0. The molecule has 0 saturated heterocycles. The fourth-order valence-electron chi connectivity index (χ4n) is 3.52. The molecule has 2 aromatic rings. The summed E-state index contributed by atoms with van der Waals surface area (Å²) >= 11 is 0. The van der Waals surface area contributed by atoms with Gasteiger partial charge < -0.3 is 14.5 Å². The minimum Gasteiger partial charge on any atom is -0.496 e. The van der Waals surface area contributed by atoms with E-state index in [1.807, 2.05) is 54.3 Å². The third-order valence-electron chi connectivity index (χ3n) is 4.92. The second-order valence-corrected chi connectivity index (χ2v) is 6.22. The number of methoxy groups -OCH3 is 1. The van der Waals surface area contributed by atoms with Crippen LogP contribution in [0.1, 0.15) is 31.9 Å². The molecule has 0 saturated carbocycles. The molecule has 0 bridgehead atoms. The van der Waals surface area contributed by atoms with Crippen LogP contribution in [-0.4, -0.2) is 32.7 Å². The zero-order valence-electron chi connectivity index (χ0n) is 16.0. The molecule has 1 heterocycles. The van der Waals surface area contributed by atoms with Gasteiger partial charge in [0, 0.05) is 48.1 Å². The van der Waals surface area contributed by atoms with Gasteiger partial charge in [0.1, 0.15) is 5.75 Å². The van der Waals surface area contributed by atoms with E-state index in [-0.39, 0.29) is 5.91 Å². The summed E-state index contributed by atoms with van der Waals surface area (Å²) < 4.78 is 5.62. The number of ether oxygens (including phenoxy) is 1. The maximum absolute atomic E-state index is 12.9. The Morgan fingerprint density at radius 2 is 1.81 bits per heavy atom. The number of carbonyl (C=O) groups is 1. The van der Waals surface area contributed by atoms with Crippen LogP contribution in [0.25, 0.3) is 11.6 Å². The number of benzene rings is 2. The molecule has 1 amide bonds. The molecule has 1 aliphatic heterocycles. The number of anilines is 2. The Kier molecular flexibility index (Phi) is 5.31. The summed E-state index contributed by atoms with van der Waals surface area (Å²) in [4.78, 5) is 17.0. The van der Waals surface area contributed by atoms with E-state index in [1.54, 1.807) is 7.11 Å². The molecule has 1 aliphatic rings. The molecule has 26 heavy (non-hydrogen) atoms. The van der Waals surface area contributed by atoms with Crippen LogP contribution in [0.4, 0.5) is 11.4 Å².